The van der Waals surface area contributed by atoms with Crippen molar-refractivity contribution in [1.82, 2.24) is 4.90 Å². The summed E-state index contributed by atoms with van der Waals surface area (Å²) >= 11 is 9.92. The second-order valence-electron chi connectivity index (χ2n) is 5.28. The number of rotatable bonds is 2. The van der Waals surface area contributed by atoms with E-state index in [1.165, 1.54) is 6.26 Å². The van der Waals surface area contributed by atoms with Crippen LogP contribution >= 0.6 is 24.6 Å². The molecule has 0 aliphatic carbocycles. The van der Waals surface area contributed by atoms with E-state index in [1.54, 1.807) is 24.1 Å². The number of halogens is 1. The minimum Gasteiger partial charge on any atom is -0.456 e. The number of thiocarbonyl (C=S) groups is 1. The summed E-state index contributed by atoms with van der Waals surface area (Å²) in [5.41, 5.74) is 0. The number of amides is 1. The fourth-order valence-corrected chi connectivity index (χ4v) is 3.00. The lowest BCUT2D eigenvalue weighted by molar-refractivity contribution is -0.890. The van der Waals surface area contributed by atoms with E-state index in [0.29, 0.717) is 6.42 Å². The van der Waals surface area contributed by atoms with Crippen molar-refractivity contribution >= 4 is 47.5 Å². The highest BCUT2D eigenvalue weighted by Gasteiger charge is 2.49. The average molecular weight is 367 g/mol. The predicted octanol–water partition coefficient (Wildman–Crippen LogP) is 0.0260. The molecule has 0 radical (unpaired) electrons. The first kappa shape index (κ1) is 19.3. The predicted molar refractivity (Wildman–Crippen MR) is 89.8 cm³/mol. The van der Waals surface area contributed by atoms with Crippen LogP contribution in [0, 0.1) is 0 Å². The van der Waals surface area contributed by atoms with E-state index < -0.39 is 12.3 Å². The largest absolute Gasteiger partial charge is 0.456 e. The minimum absolute atomic E-state index is 0. The Morgan fingerprint density at radius 2 is 2.32 bits per heavy atom. The summed E-state index contributed by atoms with van der Waals surface area (Å²) in [5, 5.41) is 19.9. The van der Waals surface area contributed by atoms with Gasteiger partial charge in [0.25, 0.3) is 0 Å². The van der Waals surface area contributed by atoms with Gasteiger partial charge in [-0.2, -0.15) is 0 Å². The average Bonchev–Trinajstić information content (AvgIpc) is 2.49. The van der Waals surface area contributed by atoms with Gasteiger partial charge < -0.3 is 44.7 Å². The Balaban J connectivity index is 0.00000242. The maximum Gasteiger partial charge on any atom is 0.383 e. The van der Waals surface area contributed by atoms with Crippen molar-refractivity contribution in [3.05, 3.63) is 24.2 Å². The lowest BCUT2D eigenvalue weighted by atomic mass is 10.1. The fourth-order valence-electron chi connectivity index (χ4n) is 2.55. The molecule has 1 fully saturated rings. The second-order valence-corrected chi connectivity index (χ2v) is 6.32. The molecule has 6 nitrogen and oxygen atoms in total. The maximum atomic E-state index is 12.6. The molecule has 2 rings (SSSR count). The molecule has 124 valence electrons. The monoisotopic (exact) mass is 366 g/mol. The van der Waals surface area contributed by atoms with E-state index in [4.69, 9.17) is 29.6 Å². The number of quaternary nitrogens is 1. The molecule has 0 aromatic heterocycles. The Labute approximate surface area is 146 Å². The van der Waals surface area contributed by atoms with E-state index >= 15 is 0 Å². The normalized spacial score (nSPS) is 30.9. The van der Waals surface area contributed by atoms with Gasteiger partial charge in [0.2, 0.25) is 12.0 Å². The number of likely N-dealkylation sites (N-methyl/N-ethyl adjacent to an activating group) is 1. The zero-order valence-corrected chi connectivity index (χ0v) is 14.5. The molecular weight excluding hydrogens is 348 g/mol. The molecule has 9 heteroatoms. The third-order valence-corrected chi connectivity index (χ3v) is 4.37. The number of carbonyl (C=O) groups excluding carboxylic acids is 1. The molecule has 22 heavy (non-hydrogen) atoms. The summed E-state index contributed by atoms with van der Waals surface area (Å²) < 4.78 is 5.15. The van der Waals surface area contributed by atoms with Crippen molar-refractivity contribution in [1.29, 1.82) is 0 Å². The standard InChI is InChI=1S/C13H18N2O4S2.ClH/c1-15(12(18)10-4-2-3-5-19-10)7-9(8-16)14(13(20)21)6-11(15)17;/h3-5,9,11,16-17H,2,6-8H2,1H3;1H. The van der Waals surface area contributed by atoms with Crippen LogP contribution in [0.15, 0.2) is 24.2 Å². The van der Waals surface area contributed by atoms with Gasteiger partial charge in [0, 0.05) is 0 Å². The van der Waals surface area contributed by atoms with E-state index in [9.17, 15) is 15.0 Å². The van der Waals surface area contributed by atoms with E-state index in [2.05, 4.69) is 0 Å². The molecule has 2 heterocycles. The smallest absolute Gasteiger partial charge is 0.383 e. The number of β-amino-alcohol motifs (C(OH)–C–C–N with tert-alkyl or cyclic N) is 1. The molecule has 3 unspecified atom stereocenters. The van der Waals surface area contributed by atoms with Crippen molar-refractivity contribution in [2.45, 2.75) is 18.7 Å². The van der Waals surface area contributed by atoms with Crippen LogP contribution in [0.1, 0.15) is 6.42 Å². The summed E-state index contributed by atoms with van der Waals surface area (Å²) in [6.07, 6.45) is 4.55. The van der Waals surface area contributed by atoms with Crippen LogP contribution in [0.4, 0.5) is 0 Å². The van der Waals surface area contributed by atoms with Crippen molar-refractivity contribution in [2.75, 3.05) is 26.7 Å². The Morgan fingerprint density at radius 1 is 1.64 bits per heavy atom. The van der Waals surface area contributed by atoms with Gasteiger partial charge in [0.15, 0.2) is 0 Å². The quantitative estimate of drug-likeness (QED) is 0.406. The van der Waals surface area contributed by atoms with Crippen molar-refractivity contribution < 1.29 is 24.2 Å². The second kappa shape index (κ2) is 7.67. The number of aliphatic hydroxyl groups excluding tert-OH is 2. The molecule has 0 saturated carbocycles. The zero-order chi connectivity index (χ0) is 15.6. The first-order chi connectivity index (χ1) is 9.90. The number of carbonyl (C=O) groups is 1. The van der Waals surface area contributed by atoms with Gasteiger partial charge in [0.1, 0.15) is 12.6 Å². The van der Waals surface area contributed by atoms with E-state index in [0.717, 1.165) is 0 Å². The van der Waals surface area contributed by atoms with Crippen molar-refractivity contribution in [2.24, 2.45) is 0 Å². The van der Waals surface area contributed by atoms with Gasteiger partial charge in [-0.1, -0.05) is 4.32 Å². The summed E-state index contributed by atoms with van der Waals surface area (Å²) in [5.74, 6) is -0.106. The SMILES string of the molecule is C[N+]1(C(=O)C2=CCC=CO2)CC(CO)N(C(=S)[S-])CC1O.Cl. The molecule has 3 atom stereocenters. The molecular formula is C13H19ClN2O4S2. The summed E-state index contributed by atoms with van der Waals surface area (Å²) in [7, 11) is 1.63. The summed E-state index contributed by atoms with van der Waals surface area (Å²) in [6, 6.07) is -0.396. The van der Waals surface area contributed by atoms with Gasteiger partial charge >= 0.3 is 5.91 Å². The van der Waals surface area contributed by atoms with Crippen molar-refractivity contribution in [3.63, 3.8) is 0 Å². The highest BCUT2D eigenvalue weighted by atomic mass is 35.5. The third-order valence-electron chi connectivity index (χ3n) is 3.90. The Kier molecular flexibility index (Phi) is 6.72. The first-order valence-electron chi connectivity index (χ1n) is 6.58. The number of nitrogens with zero attached hydrogens (tertiary/aromatic N) is 2. The fraction of sp³-hybridized carbons (Fsp3) is 0.538. The van der Waals surface area contributed by atoms with Crippen LogP contribution in [0.5, 0.6) is 0 Å². The number of hydrogen-bond acceptors (Lipinski definition) is 6. The number of piperazine rings is 1. The van der Waals surface area contributed by atoms with Crippen molar-refractivity contribution in [3.8, 4) is 0 Å². The highest BCUT2D eigenvalue weighted by molar-refractivity contribution is 8.00. The van der Waals surface area contributed by atoms with Crippen LogP contribution in [0.2, 0.25) is 0 Å². The first-order valence-corrected chi connectivity index (χ1v) is 7.40. The third kappa shape index (κ3) is 3.58. The Bertz CT molecular complexity index is 514. The van der Waals surface area contributed by atoms with Crippen LogP contribution in [0.25, 0.3) is 0 Å². The number of hydrogen-bond donors (Lipinski definition) is 2. The van der Waals surface area contributed by atoms with Gasteiger partial charge in [0.05, 0.1) is 26.5 Å². The maximum absolute atomic E-state index is 12.6. The minimum atomic E-state index is -0.989. The highest BCUT2D eigenvalue weighted by Crippen LogP contribution is 2.25. The van der Waals surface area contributed by atoms with Crippen LogP contribution in [0.3, 0.4) is 0 Å². The summed E-state index contributed by atoms with van der Waals surface area (Å²) in [6.45, 7) is 0.126. The lowest BCUT2D eigenvalue weighted by Gasteiger charge is -2.49. The number of ether oxygens (including phenoxy) is 1. The van der Waals surface area contributed by atoms with Crippen LogP contribution < -0.4 is 0 Å². The van der Waals surface area contributed by atoms with Gasteiger partial charge in [-0.25, -0.2) is 9.28 Å². The molecule has 1 amide bonds. The number of allylic oxidation sites excluding steroid dienone is 2. The molecule has 0 spiro atoms. The van der Waals surface area contributed by atoms with E-state index in [-0.39, 0.29) is 52.6 Å². The van der Waals surface area contributed by atoms with Gasteiger partial charge in [-0.05, 0) is 18.6 Å². The molecule has 2 aliphatic rings. The van der Waals surface area contributed by atoms with Crippen LogP contribution in [-0.4, -0.2) is 68.8 Å². The van der Waals surface area contributed by atoms with Gasteiger partial charge in [-0.3, -0.25) is 0 Å². The van der Waals surface area contributed by atoms with Gasteiger partial charge in [-0.15, -0.1) is 12.4 Å². The Hall–Kier alpha value is -0.770. The molecule has 2 aliphatic heterocycles. The molecule has 0 bridgehead atoms. The zero-order valence-electron chi connectivity index (χ0n) is 12.0. The van der Waals surface area contributed by atoms with Crippen LogP contribution in [-0.2, 0) is 22.2 Å². The topological polar surface area (TPSA) is 70.0 Å². The molecule has 1 saturated heterocycles. The number of aliphatic hydroxyl groups is 2. The Morgan fingerprint density at radius 3 is 2.82 bits per heavy atom. The van der Waals surface area contributed by atoms with E-state index in [1.807, 2.05) is 0 Å². The molecule has 0 aromatic carbocycles. The lowest BCUT2D eigenvalue weighted by Crippen LogP contribution is -2.70. The molecule has 2 N–H and O–H groups in total. The molecule has 0 aromatic rings. The summed E-state index contributed by atoms with van der Waals surface area (Å²) in [4.78, 5) is 14.2.